The third-order valence-electron chi connectivity index (χ3n) is 6.41. The van der Waals surface area contributed by atoms with Gasteiger partial charge in [-0.15, -0.1) is 0 Å². The SMILES string of the molecule is O=C(NN1CCOCC1)c1nn(-c2ccc(Cl)cc2Cl)c2c1Cc1cc(C3CC3)ccc1-2. The summed E-state index contributed by atoms with van der Waals surface area (Å²) in [6.07, 6.45) is 3.20. The van der Waals surface area contributed by atoms with Crippen molar-refractivity contribution in [2.75, 3.05) is 26.3 Å². The van der Waals surface area contributed by atoms with E-state index >= 15 is 0 Å². The first-order valence-corrected chi connectivity index (χ1v) is 11.7. The van der Waals surface area contributed by atoms with E-state index in [2.05, 4.69) is 23.6 Å². The van der Waals surface area contributed by atoms with E-state index in [1.807, 2.05) is 11.1 Å². The zero-order valence-corrected chi connectivity index (χ0v) is 18.9. The number of ether oxygens (including phenoxy) is 1. The molecule has 1 aromatic heterocycles. The lowest BCUT2D eigenvalue weighted by molar-refractivity contribution is 0.0124. The van der Waals surface area contributed by atoms with E-state index in [-0.39, 0.29) is 5.91 Å². The van der Waals surface area contributed by atoms with Gasteiger partial charge in [-0.05, 0) is 48.1 Å². The second-order valence-electron chi connectivity index (χ2n) is 8.59. The zero-order valence-electron chi connectivity index (χ0n) is 17.4. The maximum absolute atomic E-state index is 13.3. The number of morpholine rings is 1. The molecule has 3 aliphatic rings. The van der Waals surface area contributed by atoms with Gasteiger partial charge in [0, 0.05) is 35.7 Å². The van der Waals surface area contributed by atoms with Crippen LogP contribution in [0.1, 0.15) is 45.9 Å². The van der Waals surface area contributed by atoms with E-state index in [0.717, 1.165) is 16.8 Å². The quantitative estimate of drug-likeness (QED) is 0.475. The van der Waals surface area contributed by atoms with Gasteiger partial charge in [-0.1, -0.05) is 41.4 Å². The van der Waals surface area contributed by atoms with Crippen molar-refractivity contribution in [3.8, 4) is 16.9 Å². The van der Waals surface area contributed by atoms with Gasteiger partial charge in [0.05, 0.1) is 29.6 Å². The summed E-state index contributed by atoms with van der Waals surface area (Å²) in [5.74, 6) is 0.470. The molecule has 2 aliphatic carbocycles. The van der Waals surface area contributed by atoms with E-state index in [0.29, 0.717) is 60.1 Å². The van der Waals surface area contributed by atoms with Crippen molar-refractivity contribution >= 4 is 29.1 Å². The van der Waals surface area contributed by atoms with Crippen molar-refractivity contribution in [2.24, 2.45) is 0 Å². The number of nitrogens with zero attached hydrogens (tertiary/aromatic N) is 3. The predicted molar refractivity (Wildman–Crippen MR) is 124 cm³/mol. The smallest absolute Gasteiger partial charge is 0.286 e. The largest absolute Gasteiger partial charge is 0.379 e. The van der Waals surface area contributed by atoms with Gasteiger partial charge in [-0.3, -0.25) is 10.2 Å². The molecule has 1 saturated heterocycles. The molecule has 1 saturated carbocycles. The van der Waals surface area contributed by atoms with Crippen LogP contribution in [-0.2, 0) is 11.2 Å². The fourth-order valence-electron chi connectivity index (χ4n) is 4.63. The monoisotopic (exact) mass is 468 g/mol. The highest BCUT2D eigenvalue weighted by Crippen LogP contribution is 2.45. The topological polar surface area (TPSA) is 59.4 Å². The molecule has 1 aliphatic heterocycles. The van der Waals surface area contributed by atoms with Crippen LogP contribution >= 0.6 is 23.2 Å². The van der Waals surface area contributed by atoms with Crippen molar-refractivity contribution in [1.82, 2.24) is 20.2 Å². The minimum Gasteiger partial charge on any atom is -0.379 e. The van der Waals surface area contributed by atoms with Crippen LogP contribution < -0.4 is 5.43 Å². The molecule has 3 aromatic rings. The lowest BCUT2D eigenvalue weighted by Crippen LogP contribution is -2.48. The number of halogens is 2. The van der Waals surface area contributed by atoms with Gasteiger partial charge >= 0.3 is 0 Å². The lowest BCUT2D eigenvalue weighted by atomic mass is 10.0. The average Bonchev–Trinajstić information content (AvgIpc) is 3.48. The van der Waals surface area contributed by atoms with Crippen LogP contribution in [0.4, 0.5) is 0 Å². The normalized spacial score (nSPS) is 17.8. The number of carbonyl (C=O) groups excluding carboxylic acids is 1. The van der Waals surface area contributed by atoms with Crippen LogP contribution in [0.25, 0.3) is 16.9 Å². The van der Waals surface area contributed by atoms with Crippen LogP contribution in [0, 0.1) is 0 Å². The van der Waals surface area contributed by atoms with E-state index in [1.165, 1.54) is 24.0 Å². The molecule has 32 heavy (non-hydrogen) atoms. The van der Waals surface area contributed by atoms with Gasteiger partial charge in [0.1, 0.15) is 0 Å². The van der Waals surface area contributed by atoms with Crippen molar-refractivity contribution in [1.29, 1.82) is 0 Å². The first-order valence-electron chi connectivity index (χ1n) is 10.9. The first-order chi connectivity index (χ1) is 15.6. The number of hydrogen-bond donors (Lipinski definition) is 1. The van der Waals surface area contributed by atoms with Crippen molar-refractivity contribution in [2.45, 2.75) is 25.2 Å². The molecule has 1 amide bonds. The number of carbonyl (C=O) groups is 1. The molecular weight excluding hydrogens is 447 g/mol. The van der Waals surface area contributed by atoms with Crippen molar-refractivity contribution in [3.63, 3.8) is 0 Å². The van der Waals surface area contributed by atoms with Crippen molar-refractivity contribution < 1.29 is 9.53 Å². The summed E-state index contributed by atoms with van der Waals surface area (Å²) < 4.78 is 7.18. The summed E-state index contributed by atoms with van der Waals surface area (Å²) in [4.78, 5) is 13.3. The summed E-state index contributed by atoms with van der Waals surface area (Å²) in [7, 11) is 0. The molecule has 1 N–H and O–H groups in total. The average molecular weight is 469 g/mol. The van der Waals surface area contributed by atoms with Crippen LogP contribution in [0.2, 0.25) is 10.0 Å². The minimum atomic E-state index is -0.206. The molecule has 0 bridgehead atoms. The number of hydrogen-bond acceptors (Lipinski definition) is 4. The minimum absolute atomic E-state index is 0.206. The third-order valence-corrected chi connectivity index (χ3v) is 6.95. The molecule has 6 rings (SSSR count). The molecule has 0 unspecified atom stereocenters. The standard InChI is InChI=1S/C24H22Cl2N4O2/c25-17-4-6-21(20(26)13-17)30-23-18-5-3-15(14-1-2-14)11-16(18)12-19(23)22(27-30)24(31)28-29-7-9-32-10-8-29/h3-6,11,13-14H,1-2,7-10,12H2,(H,28,31). The summed E-state index contributed by atoms with van der Waals surface area (Å²) in [5.41, 5.74) is 9.73. The third kappa shape index (κ3) is 3.52. The Morgan fingerprint density at radius 3 is 2.66 bits per heavy atom. The summed E-state index contributed by atoms with van der Waals surface area (Å²) >= 11 is 12.7. The number of benzene rings is 2. The molecule has 2 fully saturated rings. The number of aromatic nitrogens is 2. The number of nitrogens with one attached hydrogen (secondary N) is 1. The molecule has 0 radical (unpaired) electrons. The number of rotatable bonds is 4. The molecule has 2 heterocycles. The Morgan fingerprint density at radius 2 is 1.91 bits per heavy atom. The highest BCUT2D eigenvalue weighted by atomic mass is 35.5. The molecule has 8 heteroatoms. The number of amides is 1. The Labute approximate surface area is 196 Å². The second-order valence-corrected chi connectivity index (χ2v) is 9.43. The van der Waals surface area contributed by atoms with Crippen LogP contribution in [0.3, 0.4) is 0 Å². The van der Waals surface area contributed by atoms with Crippen LogP contribution in [-0.4, -0.2) is 47.0 Å². The molecule has 0 spiro atoms. The number of hydrazine groups is 1. The Hall–Kier alpha value is -2.38. The van der Waals surface area contributed by atoms with Gasteiger partial charge in [0.2, 0.25) is 0 Å². The molecule has 0 atom stereocenters. The summed E-state index contributed by atoms with van der Waals surface area (Å²) in [6, 6.07) is 12.0. The van der Waals surface area contributed by atoms with Gasteiger partial charge in [-0.25, -0.2) is 9.69 Å². The Balaban J connectivity index is 1.44. The number of fused-ring (bicyclic) bond motifs is 3. The molecule has 2 aromatic carbocycles. The van der Waals surface area contributed by atoms with Crippen LogP contribution in [0.15, 0.2) is 36.4 Å². The Kier molecular flexibility index (Phi) is 4.99. The van der Waals surface area contributed by atoms with Gasteiger partial charge < -0.3 is 4.74 Å². The fraction of sp³-hybridized carbons (Fsp3) is 0.333. The lowest BCUT2D eigenvalue weighted by Gasteiger charge is -2.26. The van der Waals surface area contributed by atoms with Gasteiger partial charge in [-0.2, -0.15) is 5.10 Å². The Bertz CT molecular complexity index is 1230. The Morgan fingerprint density at radius 1 is 1.09 bits per heavy atom. The van der Waals surface area contributed by atoms with Gasteiger partial charge in [0.15, 0.2) is 5.69 Å². The molecule has 6 nitrogen and oxygen atoms in total. The molecule has 164 valence electrons. The van der Waals surface area contributed by atoms with Crippen molar-refractivity contribution in [3.05, 3.63) is 68.8 Å². The highest BCUT2D eigenvalue weighted by molar-refractivity contribution is 6.35. The van der Waals surface area contributed by atoms with E-state index in [9.17, 15) is 4.79 Å². The maximum Gasteiger partial charge on any atom is 0.286 e. The highest BCUT2D eigenvalue weighted by Gasteiger charge is 2.33. The first kappa shape index (κ1) is 20.2. The zero-order chi connectivity index (χ0) is 21.8. The van der Waals surface area contributed by atoms with Gasteiger partial charge in [0.25, 0.3) is 5.91 Å². The summed E-state index contributed by atoms with van der Waals surface area (Å²) in [5, 5.41) is 7.68. The maximum atomic E-state index is 13.3. The van der Waals surface area contributed by atoms with Crippen LogP contribution in [0.5, 0.6) is 0 Å². The summed E-state index contributed by atoms with van der Waals surface area (Å²) in [6.45, 7) is 2.51. The predicted octanol–water partition coefficient (Wildman–Crippen LogP) is 4.60. The second kappa shape index (κ2) is 7.89. The fourth-order valence-corrected chi connectivity index (χ4v) is 5.12. The van der Waals surface area contributed by atoms with E-state index in [1.54, 1.807) is 16.8 Å². The van der Waals surface area contributed by atoms with E-state index in [4.69, 9.17) is 33.0 Å². The van der Waals surface area contributed by atoms with E-state index < -0.39 is 0 Å². The molecular formula is C24H22Cl2N4O2.